The van der Waals surface area contributed by atoms with Gasteiger partial charge in [-0.05, 0) is 44.0 Å². The van der Waals surface area contributed by atoms with Crippen LogP contribution < -0.4 is 16.0 Å². The number of benzene rings is 2. The predicted molar refractivity (Wildman–Crippen MR) is 116 cm³/mol. The van der Waals surface area contributed by atoms with Crippen LogP contribution >= 0.6 is 0 Å². The molecule has 8 heteroatoms. The average molecular weight is 425 g/mol. The van der Waals surface area contributed by atoms with Crippen LogP contribution in [0.4, 0.5) is 10.5 Å². The van der Waals surface area contributed by atoms with Crippen molar-refractivity contribution < 1.29 is 23.9 Å². The lowest BCUT2D eigenvalue weighted by atomic mass is 10.0. The van der Waals surface area contributed by atoms with Gasteiger partial charge in [-0.15, -0.1) is 0 Å². The number of amides is 4. The number of hydrogen-bond acceptors (Lipinski definition) is 5. The van der Waals surface area contributed by atoms with Crippen molar-refractivity contribution in [3.63, 3.8) is 0 Å². The van der Waals surface area contributed by atoms with Crippen LogP contribution in [-0.2, 0) is 14.3 Å². The third kappa shape index (κ3) is 7.26. The first-order valence-corrected chi connectivity index (χ1v) is 9.92. The highest BCUT2D eigenvalue weighted by atomic mass is 16.5. The molecule has 164 valence electrons. The number of rotatable bonds is 7. The van der Waals surface area contributed by atoms with Gasteiger partial charge in [0.25, 0.3) is 11.8 Å². The van der Waals surface area contributed by atoms with E-state index in [-0.39, 0.29) is 5.92 Å². The summed E-state index contributed by atoms with van der Waals surface area (Å²) in [5.74, 6) is -2.24. The molecule has 31 heavy (non-hydrogen) atoms. The molecular weight excluding hydrogens is 398 g/mol. The first-order valence-electron chi connectivity index (χ1n) is 9.92. The molecule has 0 aromatic heterocycles. The predicted octanol–water partition coefficient (Wildman–Crippen LogP) is 3.03. The lowest BCUT2D eigenvalue weighted by Gasteiger charge is -2.23. The van der Waals surface area contributed by atoms with Crippen LogP contribution in [0.15, 0.2) is 54.6 Å². The van der Waals surface area contributed by atoms with Crippen LogP contribution in [0.2, 0.25) is 0 Å². The molecule has 3 N–H and O–H groups in total. The van der Waals surface area contributed by atoms with Gasteiger partial charge in [-0.2, -0.15) is 0 Å². The number of anilines is 1. The number of carbonyl (C=O) groups is 4. The second-order valence-electron chi connectivity index (χ2n) is 7.45. The topological polar surface area (TPSA) is 114 Å². The largest absolute Gasteiger partial charge is 0.451 e. The van der Waals surface area contributed by atoms with Crippen LogP contribution in [0.1, 0.15) is 36.7 Å². The maximum absolute atomic E-state index is 12.6. The fourth-order valence-corrected chi connectivity index (χ4v) is 2.71. The van der Waals surface area contributed by atoms with Gasteiger partial charge >= 0.3 is 12.0 Å². The van der Waals surface area contributed by atoms with Gasteiger partial charge in [0.15, 0.2) is 6.10 Å². The number of carbonyl (C=O) groups excluding carboxylic acids is 4. The fourth-order valence-electron chi connectivity index (χ4n) is 2.71. The Labute approximate surface area is 181 Å². The zero-order valence-corrected chi connectivity index (χ0v) is 18.0. The molecule has 2 rings (SSSR count). The normalized spacial score (nSPS) is 12.4. The van der Waals surface area contributed by atoms with Crippen molar-refractivity contribution in [1.29, 1.82) is 0 Å². The Hall–Kier alpha value is -3.68. The summed E-state index contributed by atoms with van der Waals surface area (Å²) in [6.07, 6.45) is -1.23. The maximum Gasteiger partial charge on any atom is 0.329 e. The molecule has 2 atom stereocenters. The van der Waals surface area contributed by atoms with E-state index in [2.05, 4.69) is 16.0 Å². The first-order chi connectivity index (χ1) is 14.7. The van der Waals surface area contributed by atoms with E-state index in [0.29, 0.717) is 11.3 Å². The van der Waals surface area contributed by atoms with Crippen LogP contribution in [-0.4, -0.2) is 36.0 Å². The van der Waals surface area contributed by atoms with Gasteiger partial charge in [-0.1, -0.05) is 49.7 Å². The molecule has 8 nitrogen and oxygen atoms in total. The number of ether oxygens (including phenoxy) is 1. The minimum atomic E-state index is -1.23. The summed E-state index contributed by atoms with van der Waals surface area (Å²) in [5, 5.41) is 7.28. The monoisotopic (exact) mass is 425 g/mol. The summed E-state index contributed by atoms with van der Waals surface area (Å²) in [6, 6.07) is 13.9. The van der Waals surface area contributed by atoms with Gasteiger partial charge in [0.2, 0.25) is 0 Å². The number of hydrogen-bond donors (Lipinski definition) is 3. The highest BCUT2D eigenvalue weighted by molar-refractivity contribution is 6.03. The number of aryl methyl sites for hydroxylation is 1. The average Bonchev–Trinajstić information content (AvgIpc) is 2.71. The lowest BCUT2D eigenvalue weighted by Crippen LogP contribution is -2.48. The van der Waals surface area contributed by atoms with Crippen molar-refractivity contribution >= 4 is 29.5 Å². The molecule has 0 saturated heterocycles. The van der Waals surface area contributed by atoms with Gasteiger partial charge in [-0.25, -0.2) is 9.59 Å². The van der Waals surface area contributed by atoms with Crippen LogP contribution in [0, 0.1) is 12.8 Å². The Kier molecular flexibility index (Phi) is 8.31. The van der Waals surface area contributed by atoms with Crippen LogP contribution in [0.5, 0.6) is 0 Å². The van der Waals surface area contributed by atoms with E-state index in [4.69, 9.17) is 4.74 Å². The highest BCUT2D eigenvalue weighted by Crippen LogP contribution is 2.10. The highest BCUT2D eigenvalue weighted by Gasteiger charge is 2.29. The molecule has 0 aliphatic rings. The smallest absolute Gasteiger partial charge is 0.329 e. The second-order valence-corrected chi connectivity index (χ2v) is 7.45. The van der Waals surface area contributed by atoms with Crippen molar-refractivity contribution in [3.05, 3.63) is 65.7 Å². The fraction of sp³-hybridized carbons (Fsp3) is 0.304. The summed E-state index contributed by atoms with van der Waals surface area (Å²) in [5.41, 5.74) is 1.84. The van der Waals surface area contributed by atoms with Crippen LogP contribution in [0.25, 0.3) is 0 Å². The molecule has 4 amide bonds. The van der Waals surface area contributed by atoms with Gasteiger partial charge < -0.3 is 15.4 Å². The van der Waals surface area contributed by atoms with Crippen molar-refractivity contribution in [3.8, 4) is 0 Å². The van der Waals surface area contributed by atoms with Gasteiger partial charge in [-0.3, -0.25) is 14.9 Å². The van der Waals surface area contributed by atoms with E-state index in [1.165, 1.54) is 6.92 Å². The Balaban J connectivity index is 1.93. The van der Waals surface area contributed by atoms with E-state index < -0.39 is 36.0 Å². The Morgan fingerprint density at radius 3 is 2.19 bits per heavy atom. The third-order valence-corrected chi connectivity index (χ3v) is 4.42. The molecule has 2 aromatic rings. The zero-order chi connectivity index (χ0) is 23.0. The summed E-state index contributed by atoms with van der Waals surface area (Å²) < 4.78 is 5.20. The standard InChI is InChI=1S/C23H27N3O5/c1-14(2)19(25-21(28)17-10-8-9-15(3)13-17)22(29)31-16(4)20(27)26-23(30)24-18-11-6-5-7-12-18/h5-14,16,19H,1-4H3,(H,25,28)(H2,24,26,27,30)/t16?,19-/m0/s1. The molecule has 0 bridgehead atoms. The molecule has 0 aliphatic heterocycles. The van der Waals surface area contributed by atoms with Gasteiger partial charge in [0.1, 0.15) is 6.04 Å². The number of para-hydroxylation sites is 1. The maximum atomic E-state index is 12.6. The van der Waals surface area contributed by atoms with Gasteiger partial charge in [0.05, 0.1) is 0 Å². The number of nitrogens with one attached hydrogen (secondary N) is 3. The summed E-state index contributed by atoms with van der Waals surface area (Å²) in [6.45, 7) is 6.71. The second kappa shape index (κ2) is 10.9. The Bertz CT molecular complexity index is 943. The van der Waals surface area contributed by atoms with Crippen molar-refractivity contribution in [2.75, 3.05) is 5.32 Å². The van der Waals surface area contributed by atoms with Gasteiger partial charge in [0, 0.05) is 11.3 Å². The summed E-state index contributed by atoms with van der Waals surface area (Å²) in [4.78, 5) is 49.3. The van der Waals surface area contributed by atoms with Crippen LogP contribution in [0.3, 0.4) is 0 Å². The third-order valence-electron chi connectivity index (χ3n) is 4.42. The van der Waals surface area contributed by atoms with E-state index in [9.17, 15) is 19.2 Å². The molecule has 0 heterocycles. The number of esters is 1. The molecule has 1 unspecified atom stereocenters. The quantitative estimate of drug-likeness (QED) is 0.590. The number of urea groups is 1. The molecular formula is C23H27N3O5. The molecule has 0 saturated carbocycles. The van der Waals surface area contributed by atoms with E-state index in [1.54, 1.807) is 62.4 Å². The van der Waals surface area contributed by atoms with E-state index >= 15 is 0 Å². The van der Waals surface area contributed by atoms with Crippen molar-refractivity contribution in [1.82, 2.24) is 10.6 Å². The molecule has 0 fully saturated rings. The Morgan fingerprint density at radius 1 is 0.903 bits per heavy atom. The minimum absolute atomic E-state index is 0.280. The first kappa shape index (κ1) is 23.6. The van der Waals surface area contributed by atoms with Crippen molar-refractivity contribution in [2.45, 2.75) is 39.8 Å². The SMILES string of the molecule is Cc1cccc(C(=O)N[C@H](C(=O)OC(C)C(=O)NC(=O)Nc2ccccc2)C(C)C)c1. The molecule has 0 aliphatic carbocycles. The molecule has 0 spiro atoms. The van der Waals surface area contributed by atoms with E-state index in [1.807, 2.05) is 13.0 Å². The molecule has 0 radical (unpaired) electrons. The van der Waals surface area contributed by atoms with Crippen molar-refractivity contribution in [2.24, 2.45) is 5.92 Å². The number of imide groups is 1. The Morgan fingerprint density at radius 2 is 1.58 bits per heavy atom. The zero-order valence-electron chi connectivity index (χ0n) is 18.0. The summed E-state index contributed by atoms with van der Waals surface area (Å²) >= 11 is 0. The van der Waals surface area contributed by atoms with E-state index in [0.717, 1.165) is 5.56 Å². The lowest BCUT2D eigenvalue weighted by molar-refractivity contribution is -0.157. The molecule has 2 aromatic carbocycles. The minimum Gasteiger partial charge on any atom is -0.451 e. The summed E-state index contributed by atoms with van der Waals surface area (Å²) in [7, 11) is 0.